The SMILES string of the molecule is CC(C)(C)c1cc(-c2ccc3nsnc3c2)c(-c2cc3c4c(ccc5nsnc54)c4cc(C(C)(C)C)cc5c6ccc7nsnc7c6c(c2)c3c45)c(-c2ccc3nsnc3c2)c1. The third-order valence-electron chi connectivity index (χ3n) is 12.8. The Bertz CT molecular complexity index is 3790. The van der Waals surface area contributed by atoms with Crippen molar-refractivity contribution in [2.45, 2.75) is 52.4 Å². The molecule has 12 heteroatoms. The lowest BCUT2D eigenvalue weighted by Crippen LogP contribution is -2.12. The van der Waals surface area contributed by atoms with Crippen molar-refractivity contribution in [2.75, 3.05) is 0 Å². The molecule has 62 heavy (non-hydrogen) atoms. The first-order chi connectivity index (χ1) is 30.0. The largest absolute Gasteiger partial charge is 0.173 e. The predicted molar refractivity (Wildman–Crippen MR) is 263 cm³/mol. The van der Waals surface area contributed by atoms with Crippen molar-refractivity contribution in [2.24, 2.45) is 0 Å². The van der Waals surface area contributed by atoms with Crippen molar-refractivity contribution in [3.05, 3.63) is 108 Å². The van der Waals surface area contributed by atoms with Gasteiger partial charge in [0.05, 0.1) is 46.9 Å². The predicted octanol–water partition coefficient (Wildman–Crippen LogP) is 14.5. The number of hydrogen-bond acceptors (Lipinski definition) is 12. The molecule has 0 fully saturated rings. The second kappa shape index (κ2) is 12.7. The van der Waals surface area contributed by atoms with Crippen LogP contribution in [0, 0.1) is 0 Å². The van der Waals surface area contributed by atoms with Crippen LogP contribution in [0.15, 0.2) is 97.1 Å². The highest BCUT2D eigenvalue weighted by Gasteiger charge is 2.28. The molecule has 4 heterocycles. The minimum absolute atomic E-state index is 0.0872. The zero-order valence-corrected chi connectivity index (χ0v) is 37.7. The topological polar surface area (TPSA) is 103 Å². The molecule has 9 aromatic carbocycles. The van der Waals surface area contributed by atoms with Crippen LogP contribution >= 0.6 is 46.9 Å². The molecular weight excluding hydrogens is 841 g/mol. The average molecular weight is 875 g/mol. The van der Waals surface area contributed by atoms with Gasteiger partial charge in [0.2, 0.25) is 0 Å². The van der Waals surface area contributed by atoms with Crippen LogP contribution in [0.3, 0.4) is 0 Å². The average Bonchev–Trinajstić information content (AvgIpc) is 4.11. The molecule has 13 rings (SSSR count). The minimum Gasteiger partial charge on any atom is -0.173 e. The highest BCUT2D eigenvalue weighted by molar-refractivity contribution is 7.00. The first-order valence-corrected chi connectivity index (χ1v) is 23.4. The summed E-state index contributed by atoms with van der Waals surface area (Å²) in [6, 6.07) is 36.3. The van der Waals surface area contributed by atoms with Gasteiger partial charge in [0.25, 0.3) is 0 Å². The lowest BCUT2D eigenvalue weighted by atomic mass is 9.77. The first kappa shape index (κ1) is 36.5. The molecule has 13 aromatic rings. The van der Waals surface area contributed by atoms with Crippen molar-refractivity contribution in [3.8, 4) is 33.4 Å². The lowest BCUT2D eigenvalue weighted by Gasteiger charge is -2.26. The monoisotopic (exact) mass is 874 g/mol. The second-order valence-electron chi connectivity index (χ2n) is 18.5. The van der Waals surface area contributed by atoms with Crippen LogP contribution in [0.1, 0.15) is 52.7 Å². The van der Waals surface area contributed by atoms with Crippen LogP contribution in [-0.2, 0) is 10.8 Å². The molecule has 0 saturated carbocycles. The highest BCUT2D eigenvalue weighted by atomic mass is 32.1. The Kier molecular flexibility index (Phi) is 7.47. The van der Waals surface area contributed by atoms with Gasteiger partial charge in [-0.1, -0.05) is 65.8 Å². The number of benzene rings is 9. The zero-order chi connectivity index (χ0) is 41.8. The van der Waals surface area contributed by atoms with Crippen molar-refractivity contribution >= 4 is 145 Å². The van der Waals surface area contributed by atoms with Crippen LogP contribution in [0.2, 0.25) is 0 Å². The Morgan fingerprint density at radius 1 is 0.323 bits per heavy atom. The van der Waals surface area contributed by atoms with E-state index < -0.39 is 0 Å². The first-order valence-electron chi connectivity index (χ1n) is 20.5. The summed E-state index contributed by atoms with van der Waals surface area (Å²) in [5.74, 6) is 0. The summed E-state index contributed by atoms with van der Waals surface area (Å²) >= 11 is 5.04. The molecule has 0 spiro atoms. The third-order valence-corrected chi connectivity index (χ3v) is 15.0. The van der Waals surface area contributed by atoms with Gasteiger partial charge >= 0.3 is 0 Å². The quantitative estimate of drug-likeness (QED) is 0.128. The smallest absolute Gasteiger partial charge is 0.113 e. The second-order valence-corrected chi connectivity index (χ2v) is 20.6. The van der Waals surface area contributed by atoms with E-state index in [9.17, 15) is 0 Å². The van der Waals surface area contributed by atoms with E-state index in [4.69, 9.17) is 26.2 Å². The summed E-state index contributed by atoms with van der Waals surface area (Å²) in [6.07, 6.45) is 0. The normalized spacial score (nSPS) is 13.0. The molecule has 0 amide bonds. The standard InChI is InChI=1S/C50H34N8S4/c1-49(2,3)26-19-30(23-7-11-36-40(17-23)55-59-51-36)42(31(20-26)24-8-12-37-41(18-24)56-60-52-37)25-15-34-44-35(16-25)46-29(10-14-39-48(46)58-62-54-39)33-22-27(50(4,5)6)21-32(43(33)44)28-9-13-38-47(45(28)34)57-61-53-38/h7-22H,1-6H3. The van der Waals surface area contributed by atoms with E-state index in [2.05, 4.69) is 147 Å². The molecule has 4 aromatic heterocycles. The molecule has 0 unspecified atom stereocenters. The van der Waals surface area contributed by atoms with E-state index in [0.29, 0.717) is 0 Å². The number of hydrogen-bond donors (Lipinski definition) is 0. The third kappa shape index (κ3) is 5.21. The van der Waals surface area contributed by atoms with Crippen molar-refractivity contribution in [1.82, 2.24) is 35.0 Å². The van der Waals surface area contributed by atoms with Gasteiger partial charge < -0.3 is 0 Å². The van der Waals surface area contributed by atoms with E-state index in [0.717, 1.165) is 99.1 Å². The fraction of sp³-hybridized carbons (Fsp3) is 0.160. The molecule has 8 nitrogen and oxygen atoms in total. The summed E-state index contributed by atoms with van der Waals surface area (Å²) in [5, 5.41) is 11.8. The summed E-state index contributed by atoms with van der Waals surface area (Å²) in [7, 11) is 0. The number of fused-ring (bicyclic) bond motifs is 12. The maximum Gasteiger partial charge on any atom is 0.113 e. The number of rotatable bonds is 3. The van der Waals surface area contributed by atoms with Crippen molar-refractivity contribution in [3.63, 3.8) is 0 Å². The van der Waals surface area contributed by atoms with E-state index in [1.54, 1.807) is 0 Å². The van der Waals surface area contributed by atoms with Crippen LogP contribution in [0.4, 0.5) is 0 Å². The van der Waals surface area contributed by atoms with Gasteiger partial charge in [0.15, 0.2) is 0 Å². The van der Waals surface area contributed by atoms with E-state index >= 15 is 0 Å². The van der Waals surface area contributed by atoms with Crippen molar-refractivity contribution < 1.29 is 0 Å². The molecule has 0 aliphatic rings. The summed E-state index contributed by atoms with van der Waals surface area (Å²) in [6.45, 7) is 13.8. The van der Waals surface area contributed by atoms with Gasteiger partial charge in [0, 0.05) is 10.8 Å². The van der Waals surface area contributed by atoms with Gasteiger partial charge in [-0.25, -0.2) is 0 Å². The van der Waals surface area contributed by atoms with Gasteiger partial charge in [-0.3, -0.25) is 0 Å². The van der Waals surface area contributed by atoms with E-state index in [-0.39, 0.29) is 10.8 Å². The van der Waals surface area contributed by atoms with Gasteiger partial charge in [0.1, 0.15) is 44.1 Å². The Hall–Kier alpha value is -6.18. The zero-order valence-electron chi connectivity index (χ0n) is 34.4. The van der Waals surface area contributed by atoms with Crippen LogP contribution in [0.5, 0.6) is 0 Å². The number of nitrogens with zero attached hydrogens (tertiary/aromatic N) is 8. The summed E-state index contributed by atoms with van der Waals surface area (Å²) in [5.41, 5.74) is 16.1. The molecule has 0 N–H and O–H groups in total. The van der Waals surface area contributed by atoms with Crippen LogP contribution in [0.25, 0.3) is 131 Å². The van der Waals surface area contributed by atoms with E-state index in [1.807, 2.05) is 0 Å². The maximum absolute atomic E-state index is 5.04. The number of aromatic nitrogens is 8. The Labute approximate surface area is 371 Å². The van der Waals surface area contributed by atoms with Gasteiger partial charge in [-0.2, -0.15) is 35.0 Å². The Balaban J connectivity index is 1.28. The Morgan fingerprint density at radius 2 is 0.726 bits per heavy atom. The van der Waals surface area contributed by atoms with Gasteiger partial charge in [-0.15, -0.1) is 0 Å². The fourth-order valence-corrected chi connectivity index (χ4v) is 11.8. The van der Waals surface area contributed by atoms with Crippen molar-refractivity contribution in [1.29, 1.82) is 0 Å². The molecule has 298 valence electrons. The summed E-state index contributed by atoms with van der Waals surface area (Å²) < 4.78 is 38.2. The molecule has 0 saturated heterocycles. The van der Waals surface area contributed by atoms with Crippen LogP contribution < -0.4 is 0 Å². The van der Waals surface area contributed by atoms with Gasteiger partial charge in [-0.05, 0) is 171 Å². The molecule has 0 atom stereocenters. The fourth-order valence-electron chi connectivity index (χ4n) is 9.66. The van der Waals surface area contributed by atoms with Crippen LogP contribution in [-0.4, -0.2) is 35.0 Å². The lowest BCUT2D eigenvalue weighted by molar-refractivity contribution is 0.590. The maximum atomic E-state index is 5.04. The molecule has 0 bridgehead atoms. The summed E-state index contributed by atoms with van der Waals surface area (Å²) in [4.78, 5) is 0. The molecule has 0 aliphatic heterocycles. The van der Waals surface area contributed by atoms with E-state index in [1.165, 1.54) is 90.4 Å². The molecule has 0 radical (unpaired) electrons. The Morgan fingerprint density at radius 3 is 1.21 bits per heavy atom. The minimum atomic E-state index is -0.154. The molecular formula is C50H34N8S4. The molecule has 0 aliphatic carbocycles. The highest BCUT2D eigenvalue weighted by Crippen LogP contribution is 2.52.